The third-order valence-electron chi connectivity index (χ3n) is 3.06. The number of benzene rings is 2. The minimum absolute atomic E-state index is 0.140. The number of hydrogen-bond donors (Lipinski definition) is 0. The second kappa shape index (κ2) is 5.03. The molecule has 0 saturated heterocycles. The van der Waals surface area contributed by atoms with Crippen molar-refractivity contribution in [1.29, 1.82) is 0 Å². The SMILES string of the molecule is CC(=O)C[C@@H](c1ccc2ccccc2c1)C(F)(F)F. The van der Waals surface area contributed by atoms with E-state index in [2.05, 4.69) is 0 Å². The second-order valence-electron chi connectivity index (χ2n) is 4.61. The molecule has 19 heavy (non-hydrogen) atoms. The molecular weight excluding hydrogens is 253 g/mol. The van der Waals surface area contributed by atoms with E-state index in [9.17, 15) is 18.0 Å². The van der Waals surface area contributed by atoms with E-state index in [4.69, 9.17) is 0 Å². The molecule has 0 aliphatic heterocycles. The van der Waals surface area contributed by atoms with Crippen LogP contribution in [0.4, 0.5) is 13.2 Å². The molecule has 0 N–H and O–H groups in total. The van der Waals surface area contributed by atoms with Crippen molar-refractivity contribution in [2.75, 3.05) is 0 Å². The van der Waals surface area contributed by atoms with Crippen LogP contribution in [0.25, 0.3) is 10.8 Å². The highest BCUT2D eigenvalue weighted by Gasteiger charge is 2.41. The van der Waals surface area contributed by atoms with Gasteiger partial charge in [0.15, 0.2) is 0 Å². The van der Waals surface area contributed by atoms with E-state index in [0.717, 1.165) is 10.8 Å². The van der Waals surface area contributed by atoms with Crippen molar-refractivity contribution in [2.45, 2.75) is 25.4 Å². The highest BCUT2D eigenvalue weighted by molar-refractivity contribution is 5.83. The third kappa shape index (κ3) is 3.13. The number of ketones is 1. The normalized spacial score (nSPS) is 13.5. The molecule has 0 aromatic heterocycles. The van der Waals surface area contributed by atoms with Crippen LogP contribution in [0.15, 0.2) is 42.5 Å². The predicted molar refractivity (Wildman–Crippen MR) is 68.0 cm³/mol. The first-order chi connectivity index (χ1) is 8.88. The molecule has 100 valence electrons. The van der Waals surface area contributed by atoms with Gasteiger partial charge in [-0.25, -0.2) is 0 Å². The average molecular weight is 266 g/mol. The molecular formula is C15H13F3O. The lowest BCUT2D eigenvalue weighted by Gasteiger charge is -2.20. The van der Waals surface area contributed by atoms with Crippen LogP contribution in [0.2, 0.25) is 0 Å². The van der Waals surface area contributed by atoms with E-state index in [1.165, 1.54) is 19.1 Å². The maximum Gasteiger partial charge on any atom is 0.396 e. The summed E-state index contributed by atoms with van der Waals surface area (Å²) in [6.07, 6.45) is -4.92. The monoisotopic (exact) mass is 266 g/mol. The summed E-state index contributed by atoms with van der Waals surface area (Å²) < 4.78 is 39.0. The number of fused-ring (bicyclic) bond motifs is 1. The summed E-state index contributed by atoms with van der Waals surface area (Å²) >= 11 is 0. The van der Waals surface area contributed by atoms with Gasteiger partial charge in [-0.05, 0) is 23.3 Å². The lowest BCUT2D eigenvalue weighted by atomic mass is 9.91. The van der Waals surface area contributed by atoms with Crippen molar-refractivity contribution >= 4 is 16.6 Å². The van der Waals surface area contributed by atoms with Gasteiger partial charge < -0.3 is 4.79 Å². The lowest BCUT2D eigenvalue weighted by Crippen LogP contribution is -2.23. The molecule has 0 aliphatic carbocycles. The molecule has 2 rings (SSSR count). The summed E-state index contributed by atoms with van der Waals surface area (Å²) in [6.45, 7) is 1.18. The molecule has 0 saturated carbocycles. The number of carbonyl (C=O) groups is 1. The molecule has 0 fully saturated rings. The first-order valence-electron chi connectivity index (χ1n) is 5.93. The van der Waals surface area contributed by atoms with E-state index < -0.39 is 24.3 Å². The first-order valence-corrected chi connectivity index (χ1v) is 5.93. The van der Waals surface area contributed by atoms with Crippen LogP contribution in [0.1, 0.15) is 24.8 Å². The number of Topliss-reactive ketones (excluding diaryl/α,β-unsaturated/α-hetero) is 1. The molecule has 2 aromatic rings. The number of hydrogen-bond acceptors (Lipinski definition) is 1. The summed E-state index contributed by atoms with van der Waals surface area (Å²) in [5, 5.41) is 1.63. The largest absolute Gasteiger partial charge is 0.396 e. The highest BCUT2D eigenvalue weighted by atomic mass is 19.4. The molecule has 0 radical (unpaired) electrons. The van der Waals surface area contributed by atoms with Crippen molar-refractivity contribution < 1.29 is 18.0 Å². The van der Waals surface area contributed by atoms with Crippen molar-refractivity contribution in [3.63, 3.8) is 0 Å². The van der Waals surface area contributed by atoms with Gasteiger partial charge in [-0.2, -0.15) is 13.2 Å². The summed E-state index contributed by atoms with van der Waals surface area (Å²) in [5.41, 5.74) is 0.140. The minimum atomic E-state index is -4.41. The smallest absolute Gasteiger partial charge is 0.300 e. The van der Waals surface area contributed by atoms with Gasteiger partial charge in [-0.3, -0.25) is 0 Å². The molecule has 0 aliphatic rings. The lowest BCUT2D eigenvalue weighted by molar-refractivity contribution is -0.156. The Morgan fingerprint density at radius 3 is 2.32 bits per heavy atom. The molecule has 0 bridgehead atoms. The van der Waals surface area contributed by atoms with Crippen LogP contribution in [0.5, 0.6) is 0 Å². The fourth-order valence-electron chi connectivity index (χ4n) is 2.13. The summed E-state index contributed by atoms with van der Waals surface area (Å²) in [4.78, 5) is 11.0. The van der Waals surface area contributed by atoms with Crippen molar-refractivity contribution in [3.8, 4) is 0 Å². The Morgan fingerprint density at radius 2 is 1.74 bits per heavy atom. The molecule has 2 aromatic carbocycles. The van der Waals surface area contributed by atoms with Crippen LogP contribution in [-0.2, 0) is 4.79 Å². The van der Waals surface area contributed by atoms with Gasteiger partial charge in [0.1, 0.15) is 5.78 Å². The average Bonchev–Trinajstić information content (AvgIpc) is 2.34. The van der Waals surface area contributed by atoms with Gasteiger partial charge in [0, 0.05) is 6.42 Å². The Balaban J connectivity index is 2.46. The maximum absolute atomic E-state index is 13.0. The Kier molecular flexibility index (Phi) is 3.60. The zero-order valence-electron chi connectivity index (χ0n) is 10.4. The quantitative estimate of drug-likeness (QED) is 0.801. The van der Waals surface area contributed by atoms with Gasteiger partial charge in [0.25, 0.3) is 0 Å². The Morgan fingerprint density at radius 1 is 1.11 bits per heavy atom. The molecule has 0 amide bonds. The highest BCUT2D eigenvalue weighted by Crippen LogP contribution is 2.38. The molecule has 0 spiro atoms. The molecule has 1 nitrogen and oxygen atoms in total. The standard InChI is InChI=1S/C15H13F3O/c1-10(19)8-14(15(16,17)18)13-7-6-11-4-2-3-5-12(11)9-13/h2-7,9,14H,8H2,1H3/t14-/m0/s1. The maximum atomic E-state index is 13.0. The predicted octanol–water partition coefficient (Wildman–Crippen LogP) is 4.46. The van der Waals surface area contributed by atoms with Gasteiger partial charge in [-0.1, -0.05) is 42.5 Å². The number of alkyl halides is 3. The van der Waals surface area contributed by atoms with Gasteiger partial charge in [0.2, 0.25) is 0 Å². The van der Waals surface area contributed by atoms with Crippen LogP contribution < -0.4 is 0 Å². The van der Waals surface area contributed by atoms with E-state index in [0.29, 0.717) is 0 Å². The topological polar surface area (TPSA) is 17.1 Å². The van der Waals surface area contributed by atoms with Gasteiger partial charge in [-0.15, -0.1) is 0 Å². The van der Waals surface area contributed by atoms with Crippen LogP contribution >= 0.6 is 0 Å². The van der Waals surface area contributed by atoms with Gasteiger partial charge >= 0.3 is 6.18 Å². The van der Waals surface area contributed by atoms with E-state index in [1.54, 1.807) is 18.2 Å². The van der Waals surface area contributed by atoms with Gasteiger partial charge in [0.05, 0.1) is 5.92 Å². The zero-order chi connectivity index (χ0) is 14.0. The summed E-state index contributed by atoms with van der Waals surface area (Å²) in [7, 11) is 0. The van der Waals surface area contributed by atoms with Crippen molar-refractivity contribution in [1.82, 2.24) is 0 Å². The van der Waals surface area contributed by atoms with E-state index >= 15 is 0 Å². The van der Waals surface area contributed by atoms with E-state index in [-0.39, 0.29) is 5.56 Å². The Hall–Kier alpha value is -1.84. The molecule has 1 atom stereocenters. The van der Waals surface area contributed by atoms with Crippen LogP contribution in [-0.4, -0.2) is 12.0 Å². The van der Waals surface area contributed by atoms with E-state index in [1.807, 2.05) is 12.1 Å². The molecule has 0 heterocycles. The van der Waals surface area contributed by atoms with Crippen LogP contribution in [0, 0.1) is 0 Å². The third-order valence-corrected chi connectivity index (χ3v) is 3.06. The Labute approximate surface area is 109 Å². The number of carbonyl (C=O) groups excluding carboxylic acids is 1. The Bertz CT molecular complexity index is 602. The summed E-state index contributed by atoms with van der Waals surface area (Å²) in [6, 6.07) is 11.8. The number of rotatable bonds is 3. The molecule has 4 heteroatoms. The van der Waals surface area contributed by atoms with Crippen molar-refractivity contribution in [3.05, 3.63) is 48.0 Å². The van der Waals surface area contributed by atoms with Crippen molar-refractivity contribution in [2.24, 2.45) is 0 Å². The fourth-order valence-corrected chi connectivity index (χ4v) is 2.13. The summed E-state index contributed by atoms with van der Waals surface area (Å²) in [5.74, 6) is -2.19. The number of halogens is 3. The zero-order valence-corrected chi connectivity index (χ0v) is 10.4. The second-order valence-corrected chi connectivity index (χ2v) is 4.61. The first kappa shape index (κ1) is 13.6. The van der Waals surface area contributed by atoms with Crippen LogP contribution in [0.3, 0.4) is 0 Å². The minimum Gasteiger partial charge on any atom is -0.300 e. The molecule has 0 unspecified atom stereocenters. The fraction of sp³-hybridized carbons (Fsp3) is 0.267.